The molecule has 4 rings (SSSR count). The van der Waals surface area contributed by atoms with E-state index < -0.39 is 0 Å². The van der Waals surface area contributed by atoms with Gasteiger partial charge in [-0.15, -0.1) is 11.3 Å². The van der Waals surface area contributed by atoms with Crippen LogP contribution in [0.3, 0.4) is 0 Å². The highest BCUT2D eigenvalue weighted by Crippen LogP contribution is 2.28. The lowest BCUT2D eigenvalue weighted by atomic mass is 10.0. The summed E-state index contributed by atoms with van der Waals surface area (Å²) in [7, 11) is 0. The molecule has 136 valence electrons. The third-order valence-corrected chi connectivity index (χ3v) is 6.35. The van der Waals surface area contributed by atoms with Gasteiger partial charge in [0.05, 0.1) is 16.0 Å². The van der Waals surface area contributed by atoms with E-state index >= 15 is 0 Å². The molecule has 2 N–H and O–H groups in total. The van der Waals surface area contributed by atoms with Crippen LogP contribution in [-0.2, 0) is 0 Å². The third-order valence-electron chi connectivity index (χ3n) is 5.55. The van der Waals surface area contributed by atoms with Gasteiger partial charge in [-0.2, -0.15) is 0 Å². The molecule has 2 aromatic rings. The van der Waals surface area contributed by atoms with Crippen molar-refractivity contribution in [3.05, 3.63) is 50.2 Å². The summed E-state index contributed by atoms with van der Waals surface area (Å²) in [6.45, 7) is 4.23. The molecule has 0 aromatic carbocycles. The van der Waals surface area contributed by atoms with Crippen LogP contribution in [0, 0.1) is 0 Å². The molecule has 6 heteroatoms. The fraction of sp³-hybridized carbons (Fsp3) is 0.450. The largest absolute Gasteiger partial charge is 0.384 e. The molecule has 26 heavy (non-hydrogen) atoms. The molecule has 5 nitrogen and oxygen atoms in total. The van der Waals surface area contributed by atoms with Crippen LogP contribution in [0.25, 0.3) is 16.0 Å². The van der Waals surface area contributed by atoms with Gasteiger partial charge in [-0.25, -0.2) is 4.99 Å². The topological polar surface area (TPSA) is 73.3 Å². The molecule has 0 unspecified atom stereocenters. The van der Waals surface area contributed by atoms with E-state index in [4.69, 9.17) is 10.7 Å². The molecule has 1 fully saturated rings. The molecule has 0 saturated heterocycles. The first kappa shape index (κ1) is 17.2. The van der Waals surface area contributed by atoms with Gasteiger partial charge in [0, 0.05) is 17.5 Å². The van der Waals surface area contributed by atoms with E-state index in [2.05, 4.69) is 18.8 Å². The van der Waals surface area contributed by atoms with E-state index in [1.54, 1.807) is 11.7 Å². The lowest BCUT2D eigenvalue weighted by molar-refractivity contribution is 0.481. The molecule has 2 aliphatic rings. The molecule has 2 aromatic heterocycles. The van der Waals surface area contributed by atoms with E-state index in [0.29, 0.717) is 5.82 Å². The maximum atomic E-state index is 13.4. The predicted octanol–water partition coefficient (Wildman–Crippen LogP) is 2.86. The standard InChI is InChI=1S/C20H24N4OS/c1-3-13-8-12(2)15-9-16(17-10-22-11-26-17)20(25)24(14-6-4-5-7-14)19(15)23-18(13)21/h9-11,14H,3-8,21H2,1-2H3. The van der Waals surface area contributed by atoms with Crippen molar-refractivity contribution in [2.45, 2.75) is 58.4 Å². The normalized spacial score (nSPS) is 18.0. The van der Waals surface area contributed by atoms with Gasteiger partial charge < -0.3 is 5.73 Å². The van der Waals surface area contributed by atoms with Gasteiger partial charge in [0.15, 0.2) is 0 Å². The molecule has 0 spiro atoms. The predicted molar refractivity (Wildman–Crippen MR) is 105 cm³/mol. The summed E-state index contributed by atoms with van der Waals surface area (Å²) >= 11 is 1.50. The van der Waals surface area contributed by atoms with Gasteiger partial charge >= 0.3 is 0 Å². The molecule has 0 bridgehead atoms. The Labute approximate surface area is 156 Å². The molecular formula is C20H24N4OS. The first-order valence-corrected chi connectivity index (χ1v) is 10.2. The second-order valence-corrected chi connectivity index (χ2v) is 8.07. The van der Waals surface area contributed by atoms with Crippen molar-refractivity contribution in [2.75, 3.05) is 0 Å². The van der Waals surface area contributed by atoms with E-state index in [1.807, 2.05) is 10.6 Å². The van der Waals surface area contributed by atoms with Crippen molar-refractivity contribution in [2.24, 2.45) is 10.7 Å². The Morgan fingerprint density at radius 1 is 1.35 bits per heavy atom. The number of nitrogens with zero attached hydrogens (tertiary/aromatic N) is 3. The fourth-order valence-corrected chi connectivity index (χ4v) is 4.72. The fourth-order valence-electron chi connectivity index (χ4n) is 4.09. The Morgan fingerprint density at radius 2 is 2.12 bits per heavy atom. The summed E-state index contributed by atoms with van der Waals surface area (Å²) in [5.41, 5.74) is 11.9. The number of hydrogen-bond donors (Lipinski definition) is 1. The lowest BCUT2D eigenvalue weighted by Gasteiger charge is -2.16. The monoisotopic (exact) mass is 368 g/mol. The summed E-state index contributed by atoms with van der Waals surface area (Å²) in [6.07, 6.45) is 7.82. The van der Waals surface area contributed by atoms with Crippen molar-refractivity contribution in [3.8, 4) is 10.4 Å². The van der Waals surface area contributed by atoms with E-state index in [-0.39, 0.29) is 11.6 Å². The average Bonchev–Trinajstić information content (AvgIpc) is 3.31. The van der Waals surface area contributed by atoms with Gasteiger partial charge in [-0.1, -0.05) is 25.3 Å². The Morgan fingerprint density at radius 3 is 2.77 bits per heavy atom. The van der Waals surface area contributed by atoms with Crippen LogP contribution in [0.5, 0.6) is 0 Å². The number of aromatic nitrogens is 2. The number of allylic oxidation sites excluding steroid dienone is 1. The van der Waals surface area contributed by atoms with Crippen LogP contribution >= 0.6 is 11.3 Å². The summed E-state index contributed by atoms with van der Waals surface area (Å²) in [6, 6.07) is 2.21. The van der Waals surface area contributed by atoms with Crippen LogP contribution in [0.4, 0.5) is 0 Å². The zero-order valence-electron chi connectivity index (χ0n) is 15.3. The first-order valence-electron chi connectivity index (χ1n) is 9.30. The molecule has 1 aliphatic heterocycles. The maximum absolute atomic E-state index is 13.4. The van der Waals surface area contributed by atoms with Gasteiger partial charge in [0.2, 0.25) is 0 Å². The number of fused-ring (bicyclic) bond motifs is 1. The number of hydrogen-bond acceptors (Lipinski definition) is 5. The van der Waals surface area contributed by atoms with Crippen LogP contribution in [-0.4, -0.2) is 9.55 Å². The quantitative estimate of drug-likeness (QED) is 0.905. The summed E-state index contributed by atoms with van der Waals surface area (Å²) < 4.78 is 1.92. The van der Waals surface area contributed by atoms with E-state index in [1.165, 1.54) is 16.9 Å². The Balaban J connectivity index is 2.11. The summed E-state index contributed by atoms with van der Waals surface area (Å²) in [4.78, 5) is 23.3. The minimum Gasteiger partial charge on any atom is -0.384 e. The van der Waals surface area contributed by atoms with Crippen molar-refractivity contribution in [1.29, 1.82) is 0 Å². The van der Waals surface area contributed by atoms with Gasteiger partial charge in [0.1, 0.15) is 11.3 Å². The number of pyridine rings is 1. The summed E-state index contributed by atoms with van der Waals surface area (Å²) in [5.74, 6) is 0.572. The van der Waals surface area contributed by atoms with E-state index in [0.717, 1.165) is 65.2 Å². The molecular weight excluding hydrogens is 344 g/mol. The minimum absolute atomic E-state index is 0.0317. The lowest BCUT2D eigenvalue weighted by Crippen LogP contribution is -2.46. The molecule has 3 heterocycles. The van der Waals surface area contributed by atoms with Crippen molar-refractivity contribution < 1.29 is 0 Å². The second kappa shape index (κ2) is 6.83. The zero-order chi connectivity index (χ0) is 18.3. The van der Waals surface area contributed by atoms with Crippen LogP contribution in [0.15, 0.2) is 39.0 Å². The Hall–Kier alpha value is -2.21. The molecule has 0 radical (unpaired) electrons. The Kier molecular flexibility index (Phi) is 4.53. The highest BCUT2D eigenvalue weighted by atomic mass is 32.1. The van der Waals surface area contributed by atoms with Gasteiger partial charge in [0.25, 0.3) is 5.56 Å². The van der Waals surface area contributed by atoms with Gasteiger partial charge in [-0.3, -0.25) is 14.3 Å². The second-order valence-electron chi connectivity index (χ2n) is 7.19. The van der Waals surface area contributed by atoms with Crippen LogP contribution in [0.2, 0.25) is 0 Å². The zero-order valence-corrected chi connectivity index (χ0v) is 16.1. The van der Waals surface area contributed by atoms with Crippen LogP contribution in [0.1, 0.15) is 58.4 Å². The van der Waals surface area contributed by atoms with Crippen molar-refractivity contribution in [3.63, 3.8) is 0 Å². The summed E-state index contributed by atoms with van der Waals surface area (Å²) in [5, 5.41) is 1.05. The molecule has 0 atom stereocenters. The number of rotatable bonds is 3. The number of thiazole rings is 1. The highest BCUT2D eigenvalue weighted by molar-refractivity contribution is 7.13. The molecule has 1 saturated carbocycles. The minimum atomic E-state index is 0.0317. The van der Waals surface area contributed by atoms with Crippen LogP contribution < -0.4 is 22.0 Å². The Bertz CT molecular complexity index is 1040. The maximum Gasteiger partial charge on any atom is 0.261 e. The van der Waals surface area contributed by atoms with Gasteiger partial charge in [-0.05, 0) is 44.2 Å². The smallest absolute Gasteiger partial charge is 0.261 e. The van der Waals surface area contributed by atoms with Crippen molar-refractivity contribution >= 4 is 16.9 Å². The van der Waals surface area contributed by atoms with E-state index in [9.17, 15) is 4.79 Å². The highest BCUT2D eigenvalue weighted by Gasteiger charge is 2.23. The third kappa shape index (κ3) is 2.82. The van der Waals surface area contributed by atoms with Crippen molar-refractivity contribution in [1.82, 2.24) is 9.55 Å². The molecule has 1 aliphatic carbocycles. The average molecular weight is 369 g/mol. The molecule has 0 amide bonds. The first-order chi connectivity index (χ1) is 12.6. The number of nitrogens with two attached hydrogens (primary N) is 1. The SMILES string of the molecule is CCC1=C(N)N=c2c(cc(-c3cncs3)c(=O)n2C2CCCC2)=C(C)C1.